The Hall–Kier alpha value is -1.12. The van der Waals surface area contributed by atoms with E-state index in [-0.39, 0.29) is 0 Å². The number of piperazine rings is 1. The highest BCUT2D eigenvalue weighted by Crippen LogP contribution is 2.26. The topological polar surface area (TPSA) is 15.3 Å². The van der Waals surface area contributed by atoms with Crippen molar-refractivity contribution in [1.29, 1.82) is 0 Å². The Morgan fingerprint density at radius 2 is 2.16 bits per heavy atom. The van der Waals surface area contributed by atoms with Gasteiger partial charge in [-0.25, -0.2) is 0 Å². The largest absolute Gasteiger partial charge is 0.311 e. The smallest absolute Gasteiger partial charge is 0.0479 e. The zero-order valence-electron chi connectivity index (χ0n) is 12.2. The fraction of sp³-hybridized carbons (Fsp3) is 0.529. The highest BCUT2D eigenvalue weighted by molar-refractivity contribution is 5.21. The van der Waals surface area contributed by atoms with Crippen LogP contribution in [0.1, 0.15) is 38.3 Å². The molecular weight excluding hydrogens is 232 g/mol. The fourth-order valence-corrected chi connectivity index (χ4v) is 2.95. The van der Waals surface area contributed by atoms with Crippen molar-refractivity contribution in [2.24, 2.45) is 0 Å². The van der Waals surface area contributed by atoms with Crippen LogP contribution in [0.5, 0.6) is 0 Å². The van der Waals surface area contributed by atoms with E-state index in [4.69, 9.17) is 0 Å². The van der Waals surface area contributed by atoms with Crippen LogP contribution in [0.15, 0.2) is 43.0 Å². The number of rotatable bonds is 5. The predicted octanol–water partition coefficient (Wildman–Crippen LogP) is 3.38. The minimum Gasteiger partial charge on any atom is -0.311 e. The molecule has 1 heterocycles. The van der Waals surface area contributed by atoms with Gasteiger partial charge in [-0.3, -0.25) is 4.90 Å². The van der Waals surface area contributed by atoms with Gasteiger partial charge in [0.25, 0.3) is 0 Å². The molecule has 2 rings (SSSR count). The Morgan fingerprint density at radius 1 is 1.42 bits per heavy atom. The summed E-state index contributed by atoms with van der Waals surface area (Å²) in [6, 6.07) is 12.3. The maximum atomic E-state index is 3.97. The normalized spacial score (nSPS) is 26.0. The molecule has 0 spiro atoms. The summed E-state index contributed by atoms with van der Waals surface area (Å²) >= 11 is 0. The lowest BCUT2D eigenvalue weighted by Gasteiger charge is -2.43. The van der Waals surface area contributed by atoms with Gasteiger partial charge in [-0.1, -0.05) is 49.8 Å². The average molecular weight is 258 g/mol. The molecule has 2 heteroatoms. The van der Waals surface area contributed by atoms with E-state index in [0.717, 1.165) is 13.1 Å². The number of nitrogens with one attached hydrogen (secondary N) is 1. The molecule has 0 amide bonds. The van der Waals surface area contributed by atoms with E-state index in [1.165, 1.54) is 18.4 Å². The van der Waals surface area contributed by atoms with Crippen molar-refractivity contribution in [3.63, 3.8) is 0 Å². The molecule has 19 heavy (non-hydrogen) atoms. The second-order valence-corrected chi connectivity index (χ2v) is 5.49. The van der Waals surface area contributed by atoms with Crippen molar-refractivity contribution in [2.45, 2.75) is 44.8 Å². The lowest BCUT2D eigenvalue weighted by atomic mass is 9.97. The summed E-state index contributed by atoms with van der Waals surface area (Å²) in [5.41, 5.74) is 1.40. The first-order chi connectivity index (χ1) is 9.26. The van der Waals surface area contributed by atoms with Gasteiger partial charge in [0.1, 0.15) is 0 Å². The molecule has 1 aromatic carbocycles. The van der Waals surface area contributed by atoms with E-state index >= 15 is 0 Å². The van der Waals surface area contributed by atoms with E-state index in [9.17, 15) is 0 Å². The molecule has 3 unspecified atom stereocenters. The van der Waals surface area contributed by atoms with E-state index in [0.29, 0.717) is 18.1 Å². The summed E-state index contributed by atoms with van der Waals surface area (Å²) in [6.45, 7) is 10.6. The van der Waals surface area contributed by atoms with Crippen molar-refractivity contribution >= 4 is 0 Å². The Balaban J connectivity index is 2.15. The number of benzene rings is 1. The Bertz CT molecular complexity index is 388. The third kappa shape index (κ3) is 3.46. The first kappa shape index (κ1) is 14.3. The SMILES string of the molecule is C=CC(C)N1CC(CCC)NCC1c1ccccc1. The summed E-state index contributed by atoms with van der Waals surface area (Å²) in [6.07, 6.45) is 4.55. The molecule has 0 saturated carbocycles. The van der Waals surface area contributed by atoms with Gasteiger partial charge < -0.3 is 5.32 Å². The van der Waals surface area contributed by atoms with Crippen LogP contribution < -0.4 is 5.32 Å². The first-order valence-electron chi connectivity index (χ1n) is 7.42. The van der Waals surface area contributed by atoms with Crippen molar-refractivity contribution < 1.29 is 0 Å². The molecule has 1 N–H and O–H groups in total. The van der Waals surface area contributed by atoms with Crippen molar-refractivity contribution in [3.8, 4) is 0 Å². The minimum atomic E-state index is 0.423. The van der Waals surface area contributed by atoms with Gasteiger partial charge in [0.05, 0.1) is 0 Å². The van der Waals surface area contributed by atoms with E-state index in [2.05, 4.69) is 67.1 Å². The van der Waals surface area contributed by atoms with Crippen LogP contribution in [-0.2, 0) is 0 Å². The Kier molecular flexibility index (Phi) is 5.17. The van der Waals surface area contributed by atoms with Crippen LogP contribution in [0.2, 0.25) is 0 Å². The molecule has 0 aliphatic carbocycles. The molecule has 3 atom stereocenters. The van der Waals surface area contributed by atoms with Gasteiger partial charge in [-0.05, 0) is 18.9 Å². The maximum Gasteiger partial charge on any atom is 0.0479 e. The fourth-order valence-electron chi connectivity index (χ4n) is 2.95. The van der Waals surface area contributed by atoms with Crippen LogP contribution >= 0.6 is 0 Å². The lowest BCUT2D eigenvalue weighted by molar-refractivity contribution is 0.105. The third-order valence-electron chi connectivity index (χ3n) is 4.12. The number of nitrogens with zero attached hydrogens (tertiary/aromatic N) is 1. The third-order valence-corrected chi connectivity index (χ3v) is 4.12. The first-order valence-corrected chi connectivity index (χ1v) is 7.42. The second kappa shape index (κ2) is 6.88. The molecule has 104 valence electrons. The van der Waals surface area contributed by atoms with Crippen molar-refractivity contribution in [1.82, 2.24) is 10.2 Å². The second-order valence-electron chi connectivity index (χ2n) is 5.49. The molecule has 1 saturated heterocycles. The molecule has 1 fully saturated rings. The van der Waals surface area contributed by atoms with Crippen molar-refractivity contribution in [3.05, 3.63) is 48.6 Å². The van der Waals surface area contributed by atoms with E-state index in [1.807, 2.05) is 0 Å². The highest BCUT2D eigenvalue weighted by Gasteiger charge is 2.30. The monoisotopic (exact) mass is 258 g/mol. The average Bonchev–Trinajstić information content (AvgIpc) is 2.47. The van der Waals surface area contributed by atoms with Gasteiger partial charge in [-0.2, -0.15) is 0 Å². The maximum absolute atomic E-state index is 3.97. The summed E-state index contributed by atoms with van der Waals surface area (Å²) in [5.74, 6) is 0. The standard InChI is InChI=1S/C17H26N2/c1-4-9-16-13-19(14(3)5-2)17(12-18-16)15-10-7-6-8-11-15/h5-8,10-11,14,16-18H,2,4,9,12-13H2,1,3H3. The van der Waals surface area contributed by atoms with E-state index in [1.54, 1.807) is 0 Å². The van der Waals surface area contributed by atoms with Gasteiger partial charge >= 0.3 is 0 Å². The van der Waals surface area contributed by atoms with Crippen LogP contribution in [0.3, 0.4) is 0 Å². The van der Waals surface area contributed by atoms with Gasteiger partial charge in [0, 0.05) is 31.2 Å². The van der Waals surface area contributed by atoms with Crippen LogP contribution in [-0.4, -0.2) is 30.1 Å². The number of hydrogen-bond acceptors (Lipinski definition) is 2. The van der Waals surface area contributed by atoms with Gasteiger partial charge in [-0.15, -0.1) is 6.58 Å². The summed E-state index contributed by atoms with van der Waals surface area (Å²) in [4.78, 5) is 2.58. The Morgan fingerprint density at radius 3 is 2.79 bits per heavy atom. The molecule has 0 radical (unpaired) electrons. The van der Waals surface area contributed by atoms with Crippen LogP contribution in [0, 0.1) is 0 Å². The zero-order valence-corrected chi connectivity index (χ0v) is 12.2. The molecule has 1 aliphatic heterocycles. The minimum absolute atomic E-state index is 0.423. The molecular formula is C17H26N2. The van der Waals surface area contributed by atoms with E-state index < -0.39 is 0 Å². The molecule has 1 aromatic rings. The van der Waals surface area contributed by atoms with Crippen molar-refractivity contribution in [2.75, 3.05) is 13.1 Å². The highest BCUT2D eigenvalue weighted by atomic mass is 15.2. The van der Waals surface area contributed by atoms with Crippen LogP contribution in [0.4, 0.5) is 0 Å². The molecule has 2 nitrogen and oxygen atoms in total. The van der Waals surface area contributed by atoms with Crippen LogP contribution in [0.25, 0.3) is 0 Å². The van der Waals surface area contributed by atoms with Gasteiger partial charge in [0.15, 0.2) is 0 Å². The summed E-state index contributed by atoms with van der Waals surface area (Å²) in [5, 5.41) is 3.70. The molecule has 0 aromatic heterocycles. The number of hydrogen-bond donors (Lipinski definition) is 1. The summed E-state index contributed by atoms with van der Waals surface area (Å²) in [7, 11) is 0. The molecule has 1 aliphatic rings. The quantitative estimate of drug-likeness (QED) is 0.815. The summed E-state index contributed by atoms with van der Waals surface area (Å²) < 4.78 is 0. The zero-order chi connectivity index (χ0) is 13.7. The Labute approximate surface area is 117 Å². The molecule has 0 bridgehead atoms. The predicted molar refractivity (Wildman–Crippen MR) is 82.2 cm³/mol. The van der Waals surface area contributed by atoms with Gasteiger partial charge in [0.2, 0.25) is 0 Å². The lowest BCUT2D eigenvalue weighted by Crippen LogP contribution is -2.54.